The van der Waals surface area contributed by atoms with Crippen LogP contribution in [0.5, 0.6) is 0 Å². The first-order chi connectivity index (χ1) is 12.3. The Morgan fingerprint density at radius 1 is 0.760 bits per heavy atom. The fraction of sp³-hybridized carbons (Fsp3) is 0.136. The fourth-order valence-electron chi connectivity index (χ4n) is 3.25. The number of Topliss-reactive ketones (excluding diaryl/α,β-unsaturated/α-hetero) is 1. The number of hydrogen-bond acceptors (Lipinski definition) is 3. The molecule has 0 amide bonds. The van der Waals surface area contributed by atoms with Crippen molar-refractivity contribution in [3.63, 3.8) is 0 Å². The summed E-state index contributed by atoms with van der Waals surface area (Å²) in [6, 6.07) is 27.5. The Morgan fingerprint density at radius 2 is 1.36 bits per heavy atom. The van der Waals surface area contributed by atoms with Gasteiger partial charge in [-0.1, -0.05) is 84.9 Å². The number of nitrogens with zero attached hydrogens (tertiary/aromatic N) is 2. The quantitative estimate of drug-likeness (QED) is 0.611. The zero-order valence-electron chi connectivity index (χ0n) is 13.7. The summed E-state index contributed by atoms with van der Waals surface area (Å²) in [6.07, 6.45) is 0. The highest BCUT2D eigenvalue weighted by atomic mass is 16.1. The molecule has 0 spiro atoms. The van der Waals surface area contributed by atoms with Crippen LogP contribution in [0.15, 0.2) is 95.2 Å². The lowest BCUT2D eigenvalue weighted by molar-refractivity contribution is 0.0956. The van der Waals surface area contributed by atoms with Crippen molar-refractivity contribution in [1.82, 2.24) is 0 Å². The molecule has 3 heteroatoms. The van der Waals surface area contributed by atoms with Crippen molar-refractivity contribution in [3.8, 4) is 11.1 Å². The van der Waals surface area contributed by atoms with Gasteiger partial charge in [0.05, 0.1) is 6.54 Å². The van der Waals surface area contributed by atoms with Gasteiger partial charge in [-0.2, -0.15) is 10.2 Å². The highest BCUT2D eigenvalue weighted by molar-refractivity contribution is 6.01. The minimum Gasteiger partial charge on any atom is -0.292 e. The minimum absolute atomic E-state index is 0.0301. The zero-order valence-corrected chi connectivity index (χ0v) is 13.7. The topological polar surface area (TPSA) is 41.8 Å². The molecule has 3 aromatic carbocycles. The van der Waals surface area contributed by atoms with Crippen LogP contribution in [-0.2, 0) is 0 Å². The molecule has 0 N–H and O–H groups in total. The molecule has 1 heterocycles. The lowest BCUT2D eigenvalue weighted by Crippen LogP contribution is -2.24. The summed E-state index contributed by atoms with van der Waals surface area (Å²) in [5.41, 5.74) is 4.05. The van der Waals surface area contributed by atoms with Crippen molar-refractivity contribution in [3.05, 3.63) is 96.1 Å². The number of carbonyl (C=O) groups is 1. The lowest BCUT2D eigenvalue weighted by atomic mass is 9.88. The first kappa shape index (κ1) is 15.5. The Kier molecular flexibility index (Phi) is 4.21. The standard InChI is InChI=1S/C22H18N2O/c25-22(21-20(15-23-24-21)18-9-5-2-6-10-18)19-13-11-17(12-14-19)16-7-3-1-4-8-16/h1-14,20-21H,15H2/t20-,21+/m0/s1. The summed E-state index contributed by atoms with van der Waals surface area (Å²) in [4.78, 5) is 12.9. The van der Waals surface area contributed by atoms with Gasteiger partial charge in [-0.15, -0.1) is 0 Å². The Labute approximate surface area is 147 Å². The van der Waals surface area contributed by atoms with Crippen LogP contribution in [0.2, 0.25) is 0 Å². The third kappa shape index (κ3) is 3.13. The van der Waals surface area contributed by atoms with E-state index in [1.165, 1.54) is 0 Å². The first-order valence-electron chi connectivity index (χ1n) is 8.44. The minimum atomic E-state index is -0.426. The van der Waals surface area contributed by atoms with Crippen LogP contribution in [0, 0.1) is 0 Å². The van der Waals surface area contributed by atoms with Crippen molar-refractivity contribution in [2.45, 2.75) is 12.0 Å². The van der Waals surface area contributed by atoms with Crippen LogP contribution in [0.1, 0.15) is 21.8 Å². The Morgan fingerprint density at radius 3 is 2.04 bits per heavy atom. The molecule has 0 bridgehead atoms. The van der Waals surface area contributed by atoms with Gasteiger partial charge in [0, 0.05) is 11.5 Å². The smallest absolute Gasteiger partial charge is 0.189 e. The predicted octanol–water partition coefficient (Wildman–Crippen LogP) is 5.15. The van der Waals surface area contributed by atoms with Gasteiger partial charge >= 0.3 is 0 Å². The van der Waals surface area contributed by atoms with Gasteiger partial charge in [-0.05, 0) is 16.7 Å². The third-order valence-electron chi connectivity index (χ3n) is 4.64. The second-order valence-electron chi connectivity index (χ2n) is 6.21. The van der Waals surface area contributed by atoms with E-state index in [0.717, 1.165) is 16.7 Å². The maximum atomic E-state index is 12.9. The maximum Gasteiger partial charge on any atom is 0.189 e. The highest BCUT2D eigenvalue weighted by Gasteiger charge is 2.33. The molecule has 3 aromatic rings. The molecule has 0 fully saturated rings. The lowest BCUT2D eigenvalue weighted by Gasteiger charge is -2.16. The van der Waals surface area contributed by atoms with Gasteiger partial charge < -0.3 is 0 Å². The molecule has 0 radical (unpaired) electrons. The summed E-state index contributed by atoms with van der Waals surface area (Å²) < 4.78 is 0. The van der Waals surface area contributed by atoms with E-state index in [1.807, 2.05) is 72.8 Å². The molecule has 122 valence electrons. The van der Waals surface area contributed by atoms with E-state index in [0.29, 0.717) is 12.1 Å². The molecular weight excluding hydrogens is 308 g/mol. The third-order valence-corrected chi connectivity index (χ3v) is 4.64. The van der Waals surface area contributed by atoms with E-state index in [1.54, 1.807) is 0 Å². The number of hydrogen-bond donors (Lipinski definition) is 0. The van der Waals surface area contributed by atoms with Crippen molar-refractivity contribution in [1.29, 1.82) is 0 Å². The average Bonchev–Trinajstić information content (AvgIpc) is 3.19. The second-order valence-corrected chi connectivity index (χ2v) is 6.21. The van der Waals surface area contributed by atoms with Gasteiger partial charge in [-0.25, -0.2) is 0 Å². The molecule has 1 aliphatic heterocycles. The van der Waals surface area contributed by atoms with Crippen molar-refractivity contribution >= 4 is 5.78 Å². The molecule has 25 heavy (non-hydrogen) atoms. The highest BCUT2D eigenvalue weighted by Crippen LogP contribution is 2.30. The molecule has 0 aliphatic carbocycles. The number of carbonyl (C=O) groups excluding carboxylic acids is 1. The predicted molar refractivity (Wildman–Crippen MR) is 98.9 cm³/mol. The summed E-state index contributed by atoms with van der Waals surface area (Å²) in [6.45, 7) is 0.572. The Hall–Kier alpha value is -3.07. The summed E-state index contributed by atoms with van der Waals surface area (Å²) >= 11 is 0. The number of rotatable bonds is 4. The van der Waals surface area contributed by atoms with E-state index in [4.69, 9.17) is 0 Å². The molecule has 4 rings (SSSR count). The molecular formula is C22H18N2O. The van der Waals surface area contributed by atoms with Crippen LogP contribution in [-0.4, -0.2) is 18.4 Å². The van der Waals surface area contributed by atoms with Crippen LogP contribution in [0.4, 0.5) is 0 Å². The largest absolute Gasteiger partial charge is 0.292 e. The molecule has 0 saturated heterocycles. The van der Waals surface area contributed by atoms with E-state index < -0.39 is 6.04 Å². The average molecular weight is 326 g/mol. The van der Waals surface area contributed by atoms with Gasteiger partial charge in [-0.3, -0.25) is 4.79 Å². The van der Waals surface area contributed by atoms with Crippen molar-refractivity contribution < 1.29 is 4.79 Å². The SMILES string of the molecule is O=C(c1ccc(-c2ccccc2)cc1)[C@@H]1N=NC[C@H]1c1ccccc1. The van der Waals surface area contributed by atoms with Gasteiger partial charge in [0.25, 0.3) is 0 Å². The van der Waals surface area contributed by atoms with Crippen LogP contribution in [0.25, 0.3) is 11.1 Å². The molecule has 3 nitrogen and oxygen atoms in total. The fourth-order valence-corrected chi connectivity index (χ4v) is 3.25. The van der Waals surface area contributed by atoms with Gasteiger partial charge in [0.2, 0.25) is 0 Å². The molecule has 0 saturated carbocycles. The molecule has 0 unspecified atom stereocenters. The Bertz CT molecular complexity index is 886. The molecule has 0 aromatic heterocycles. The van der Waals surface area contributed by atoms with Gasteiger partial charge in [0.15, 0.2) is 5.78 Å². The molecule has 2 atom stereocenters. The maximum absolute atomic E-state index is 12.9. The first-order valence-corrected chi connectivity index (χ1v) is 8.44. The van der Waals surface area contributed by atoms with E-state index >= 15 is 0 Å². The van der Waals surface area contributed by atoms with Crippen LogP contribution >= 0.6 is 0 Å². The summed E-state index contributed by atoms with van der Waals surface area (Å²) in [5.74, 6) is 0.0669. The van der Waals surface area contributed by atoms with Crippen LogP contribution < -0.4 is 0 Å². The summed E-state index contributed by atoms with van der Waals surface area (Å²) in [7, 11) is 0. The molecule has 1 aliphatic rings. The van der Waals surface area contributed by atoms with Crippen molar-refractivity contribution in [2.24, 2.45) is 10.2 Å². The Balaban J connectivity index is 1.57. The van der Waals surface area contributed by atoms with E-state index in [-0.39, 0.29) is 11.7 Å². The van der Waals surface area contributed by atoms with Crippen molar-refractivity contribution in [2.75, 3.05) is 6.54 Å². The van der Waals surface area contributed by atoms with E-state index in [9.17, 15) is 4.79 Å². The monoisotopic (exact) mass is 326 g/mol. The zero-order chi connectivity index (χ0) is 17.1. The number of ketones is 1. The number of azo groups is 1. The van der Waals surface area contributed by atoms with Gasteiger partial charge in [0.1, 0.15) is 6.04 Å². The van der Waals surface area contributed by atoms with E-state index in [2.05, 4.69) is 22.4 Å². The van der Waals surface area contributed by atoms with Crippen LogP contribution in [0.3, 0.4) is 0 Å². The second kappa shape index (κ2) is 6.81. The number of benzene rings is 3. The summed E-state index contributed by atoms with van der Waals surface area (Å²) in [5, 5.41) is 8.36. The normalized spacial score (nSPS) is 19.0.